The first kappa shape index (κ1) is 21.5. The Balaban J connectivity index is 1.55. The van der Waals surface area contributed by atoms with Crippen molar-refractivity contribution in [3.05, 3.63) is 23.8 Å². The van der Waals surface area contributed by atoms with Gasteiger partial charge in [-0.2, -0.15) is 0 Å². The average molecular weight is 431 g/mol. The number of carbonyl (C=O) groups is 2. The second-order valence-corrected chi connectivity index (χ2v) is 10.7. The number of rotatable bonds is 4. The van der Waals surface area contributed by atoms with Crippen molar-refractivity contribution in [2.45, 2.75) is 83.4 Å². The molecular formula is C25H34O6. The first-order chi connectivity index (χ1) is 14.7. The van der Waals surface area contributed by atoms with Crippen molar-refractivity contribution in [3.63, 3.8) is 0 Å². The number of aliphatic hydroxyl groups is 2. The molecule has 0 aromatic heterocycles. The second-order valence-electron chi connectivity index (χ2n) is 10.7. The number of allylic oxidation sites excluding steroid dienone is 4. The van der Waals surface area contributed by atoms with Crippen molar-refractivity contribution in [1.82, 2.24) is 0 Å². The largest absolute Gasteiger partial charge is 0.393 e. The number of fused-ring (bicyclic) bond motifs is 7. The van der Waals surface area contributed by atoms with Crippen LogP contribution in [0.5, 0.6) is 0 Å². The van der Waals surface area contributed by atoms with Crippen LogP contribution >= 0.6 is 0 Å². The van der Waals surface area contributed by atoms with Gasteiger partial charge in [0.15, 0.2) is 23.5 Å². The molecule has 0 amide bonds. The van der Waals surface area contributed by atoms with Crippen molar-refractivity contribution >= 4 is 11.6 Å². The van der Waals surface area contributed by atoms with Gasteiger partial charge < -0.3 is 19.7 Å². The molecule has 5 aliphatic rings. The van der Waals surface area contributed by atoms with Crippen LogP contribution in [0, 0.1) is 28.6 Å². The molecule has 0 aromatic carbocycles. The van der Waals surface area contributed by atoms with Gasteiger partial charge in [-0.1, -0.05) is 38.8 Å². The fourth-order valence-electron chi connectivity index (χ4n) is 8.12. The Morgan fingerprint density at radius 2 is 2.10 bits per heavy atom. The average Bonchev–Trinajstić information content (AvgIpc) is 3.20. The Morgan fingerprint density at radius 3 is 2.81 bits per heavy atom. The zero-order valence-electron chi connectivity index (χ0n) is 18.7. The summed E-state index contributed by atoms with van der Waals surface area (Å²) in [4.78, 5) is 25.2. The van der Waals surface area contributed by atoms with E-state index in [0.29, 0.717) is 19.3 Å². The summed E-state index contributed by atoms with van der Waals surface area (Å²) < 4.78 is 12.7. The quantitative estimate of drug-likeness (QED) is 0.712. The molecule has 0 unspecified atom stereocenters. The summed E-state index contributed by atoms with van der Waals surface area (Å²) in [5.41, 5.74) is -1.05. The number of Topliss-reactive ketones (excluding diaryl/α,β-unsaturated/α-hetero) is 1. The summed E-state index contributed by atoms with van der Waals surface area (Å²) in [5.74, 6) is 0.0274. The lowest BCUT2D eigenvalue weighted by atomic mass is 9.46. The summed E-state index contributed by atoms with van der Waals surface area (Å²) in [6, 6.07) is 0. The monoisotopic (exact) mass is 430 g/mol. The van der Waals surface area contributed by atoms with E-state index in [1.54, 1.807) is 12.2 Å². The number of hydrogen-bond donors (Lipinski definition) is 2. The van der Waals surface area contributed by atoms with Crippen LogP contribution in [0.2, 0.25) is 0 Å². The zero-order valence-corrected chi connectivity index (χ0v) is 18.7. The molecule has 5 rings (SSSR count). The molecule has 0 spiro atoms. The highest BCUT2D eigenvalue weighted by atomic mass is 16.7. The number of aliphatic hydroxyl groups excluding tert-OH is 2. The Morgan fingerprint density at radius 1 is 1.32 bits per heavy atom. The van der Waals surface area contributed by atoms with Gasteiger partial charge in [0.05, 0.1) is 12.2 Å². The molecule has 2 N–H and O–H groups in total. The van der Waals surface area contributed by atoms with E-state index in [-0.39, 0.29) is 34.7 Å². The van der Waals surface area contributed by atoms with Gasteiger partial charge in [-0.25, -0.2) is 0 Å². The van der Waals surface area contributed by atoms with Gasteiger partial charge in [0.1, 0.15) is 6.61 Å². The van der Waals surface area contributed by atoms with E-state index in [1.165, 1.54) is 0 Å². The minimum Gasteiger partial charge on any atom is -0.393 e. The molecule has 9 atom stereocenters. The minimum absolute atomic E-state index is 0.0125. The van der Waals surface area contributed by atoms with Crippen molar-refractivity contribution in [3.8, 4) is 0 Å². The van der Waals surface area contributed by atoms with E-state index in [2.05, 4.69) is 20.8 Å². The van der Waals surface area contributed by atoms with E-state index in [0.717, 1.165) is 24.8 Å². The highest BCUT2D eigenvalue weighted by Gasteiger charge is 2.75. The van der Waals surface area contributed by atoms with Gasteiger partial charge in [-0.15, -0.1) is 0 Å². The highest BCUT2D eigenvalue weighted by Crippen LogP contribution is 2.69. The molecule has 3 saturated carbocycles. The molecule has 0 radical (unpaired) electrons. The highest BCUT2D eigenvalue weighted by molar-refractivity contribution is 6.01. The van der Waals surface area contributed by atoms with Crippen LogP contribution in [0.3, 0.4) is 0 Å². The van der Waals surface area contributed by atoms with Crippen LogP contribution in [0.4, 0.5) is 0 Å². The molecule has 31 heavy (non-hydrogen) atoms. The topological polar surface area (TPSA) is 93.1 Å². The summed E-state index contributed by atoms with van der Waals surface area (Å²) in [6.07, 6.45) is 8.31. The molecule has 4 aliphatic carbocycles. The standard InChI is InChI=1S/C25H34O6/c1-4-5-21-30-20-11-17-16-7-6-14-10-15(27)8-9-23(14,2)22(16)18(28)12-24(17,3)25(20,31-21)19(29)13-26/h8-10,16-18,20-22,26,28H,4-7,11-13H2,1-3H3/t16-,17-,18-,20-,21+,22+,23-,24-,25+/m0/s1. The van der Waals surface area contributed by atoms with Crippen LogP contribution in [0.15, 0.2) is 23.8 Å². The van der Waals surface area contributed by atoms with Crippen LogP contribution in [-0.2, 0) is 19.1 Å². The van der Waals surface area contributed by atoms with Crippen LogP contribution < -0.4 is 0 Å². The van der Waals surface area contributed by atoms with Crippen molar-refractivity contribution in [2.24, 2.45) is 28.6 Å². The maximum Gasteiger partial charge on any atom is 0.193 e. The van der Waals surface area contributed by atoms with E-state index in [1.807, 2.05) is 6.08 Å². The number of ketones is 2. The molecule has 0 bridgehead atoms. The first-order valence-corrected chi connectivity index (χ1v) is 11.8. The van der Waals surface area contributed by atoms with Crippen LogP contribution in [0.1, 0.15) is 59.3 Å². The summed E-state index contributed by atoms with van der Waals surface area (Å²) in [5, 5.41) is 21.4. The summed E-state index contributed by atoms with van der Waals surface area (Å²) >= 11 is 0. The summed E-state index contributed by atoms with van der Waals surface area (Å²) in [6.45, 7) is 5.67. The van der Waals surface area contributed by atoms with E-state index < -0.39 is 36.1 Å². The van der Waals surface area contributed by atoms with E-state index in [4.69, 9.17) is 9.47 Å². The third-order valence-electron chi connectivity index (χ3n) is 9.37. The molecule has 1 aliphatic heterocycles. The van der Waals surface area contributed by atoms with E-state index >= 15 is 0 Å². The van der Waals surface area contributed by atoms with E-state index in [9.17, 15) is 19.8 Å². The molecule has 1 saturated heterocycles. The lowest BCUT2D eigenvalue weighted by Gasteiger charge is -2.59. The molecule has 4 fully saturated rings. The summed E-state index contributed by atoms with van der Waals surface area (Å²) in [7, 11) is 0. The molecule has 6 nitrogen and oxygen atoms in total. The molecular weight excluding hydrogens is 396 g/mol. The first-order valence-electron chi connectivity index (χ1n) is 11.8. The minimum atomic E-state index is -1.20. The fraction of sp³-hybridized carbons (Fsp3) is 0.760. The van der Waals surface area contributed by atoms with Gasteiger partial charge in [0.25, 0.3) is 0 Å². The van der Waals surface area contributed by atoms with Crippen molar-refractivity contribution < 1.29 is 29.3 Å². The Kier molecular flexibility index (Phi) is 4.91. The van der Waals surface area contributed by atoms with Gasteiger partial charge in [0.2, 0.25) is 0 Å². The van der Waals surface area contributed by atoms with Gasteiger partial charge in [-0.05, 0) is 56.1 Å². The van der Waals surface area contributed by atoms with Crippen LogP contribution in [-0.4, -0.2) is 52.5 Å². The molecule has 170 valence electrons. The molecule has 6 heteroatoms. The van der Waals surface area contributed by atoms with Crippen LogP contribution in [0.25, 0.3) is 0 Å². The smallest absolute Gasteiger partial charge is 0.193 e. The van der Waals surface area contributed by atoms with Gasteiger partial charge in [0, 0.05) is 16.7 Å². The number of ether oxygens (including phenoxy) is 2. The Labute approximate surface area is 183 Å². The zero-order chi connectivity index (χ0) is 22.2. The predicted molar refractivity (Wildman–Crippen MR) is 113 cm³/mol. The van der Waals surface area contributed by atoms with Gasteiger partial charge in [-0.3, -0.25) is 9.59 Å². The third kappa shape index (κ3) is 2.65. The normalized spacial score (nSPS) is 50.4. The molecule has 1 heterocycles. The number of hydrogen-bond acceptors (Lipinski definition) is 6. The Bertz CT molecular complexity index is 862. The number of carbonyl (C=O) groups excluding carboxylic acids is 2. The molecule has 0 aromatic rings. The fourth-order valence-corrected chi connectivity index (χ4v) is 8.12. The SMILES string of the molecule is CCC[C@@H]1O[C@H]2C[C@H]3[C@@H]4CCC5=CC(=O)C=C[C@]5(C)[C@H]4[C@@H](O)C[C@]3(C)[C@]2(C(=O)CO)O1. The lowest BCUT2D eigenvalue weighted by molar-refractivity contribution is -0.200. The third-order valence-corrected chi connectivity index (χ3v) is 9.37. The lowest BCUT2D eigenvalue weighted by Crippen LogP contribution is -2.63. The van der Waals surface area contributed by atoms with Crippen molar-refractivity contribution in [1.29, 1.82) is 0 Å². The maximum absolute atomic E-state index is 13.2. The second kappa shape index (κ2) is 7.08. The van der Waals surface area contributed by atoms with Crippen molar-refractivity contribution in [2.75, 3.05) is 6.61 Å². The Hall–Kier alpha value is -1.34. The predicted octanol–water partition coefficient (Wildman–Crippen LogP) is 2.72. The van der Waals surface area contributed by atoms with Gasteiger partial charge >= 0.3 is 0 Å². The maximum atomic E-state index is 13.2.